The summed E-state index contributed by atoms with van der Waals surface area (Å²) in [5.41, 5.74) is 2.01. The highest BCUT2D eigenvalue weighted by atomic mass is 16.4. The average Bonchev–Trinajstić information content (AvgIpc) is 2.66. The summed E-state index contributed by atoms with van der Waals surface area (Å²) in [5.74, 6) is -0.744. The van der Waals surface area contributed by atoms with E-state index in [2.05, 4.69) is 41.1 Å². The Labute approximate surface area is 105 Å². The number of carboxylic acids is 1. The Morgan fingerprint density at radius 2 is 2.22 bits per heavy atom. The number of hydrogen-bond acceptors (Lipinski definition) is 2. The van der Waals surface area contributed by atoms with E-state index in [-0.39, 0.29) is 12.0 Å². The zero-order chi connectivity index (χ0) is 12.8. The molecule has 2 heterocycles. The first-order chi connectivity index (χ1) is 8.61. The first-order valence-electron chi connectivity index (χ1n) is 6.11. The zero-order valence-electron chi connectivity index (χ0n) is 10.3. The molecule has 1 aliphatic heterocycles. The smallest absolute Gasteiger partial charge is 0.305 e. The van der Waals surface area contributed by atoms with Crippen LogP contribution in [0.15, 0.2) is 30.5 Å². The number of nitrogens with one attached hydrogen (secondary N) is 1. The lowest BCUT2D eigenvalue weighted by Gasteiger charge is -2.43. The molecule has 1 fully saturated rings. The molecule has 0 amide bonds. The molecule has 0 unspecified atom stereocenters. The third kappa shape index (κ3) is 1.61. The summed E-state index contributed by atoms with van der Waals surface area (Å²) >= 11 is 0. The zero-order valence-corrected chi connectivity index (χ0v) is 10.3. The van der Waals surface area contributed by atoms with Crippen LogP contribution in [0.1, 0.15) is 12.0 Å². The van der Waals surface area contributed by atoms with Crippen LogP contribution < -0.4 is 5.32 Å². The number of aliphatic carboxylic acids is 1. The Balaban J connectivity index is 2.12. The van der Waals surface area contributed by atoms with Crippen molar-refractivity contribution in [1.29, 1.82) is 0 Å². The molecular formula is C14H16N2O2. The molecule has 18 heavy (non-hydrogen) atoms. The van der Waals surface area contributed by atoms with Gasteiger partial charge in [0, 0.05) is 24.8 Å². The van der Waals surface area contributed by atoms with Gasteiger partial charge in [0.1, 0.15) is 0 Å². The molecule has 3 rings (SSSR count). The van der Waals surface area contributed by atoms with Crippen molar-refractivity contribution in [1.82, 2.24) is 9.88 Å². The number of hydrogen-bond donors (Lipinski definition) is 2. The summed E-state index contributed by atoms with van der Waals surface area (Å²) in [6.45, 7) is 3.49. The number of benzene rings is 1. The summed E-state index contributed by atoms with van der Waals surface area (Å²) in [4.78, 5) is 11.1. The fraction of sp³-hybridized carbons (Fsp3) is 0.357. The number of nitrogens with zero attached hydrogens (tertiary/aromatic N) is 1. The fourth-order valence-electron chi connectivity index (χ4n) is 2.73. The second-order valence-corrected chi connectivity index (χ2v) is 5.15. The lowest BCUT2D eigenvalue weighted by molar-refractivity contribution is -0.140. The van der Waals surface area contributed by atoms with Crippen LogP contribution in [0.2, 0.25) is 0 Å². The summed E-state index contributed by atoms with van der Waals surface area (Å²) in [5, 5.41) is 13.5. The summed E-state index contributed by atoms with van der Waals surface area (Å²) in [7, 11) is 0. The van der Waals surface area contributed by atoms with Crippen LogP contribution in [0.4, 0.5) is 0 Å². The maximum atomic E-state index is 11.1. The third-order valence-electron chi connectivity index (χ3n) is 3.75. The molecule has 1 aromatic heterocycles. The second kappa shape index (κ2) is 3.85. The Hall–Kier alpha value is -1.81. The van der Waals surface area contributed by atoms with Crippen LogP contribution in [-0.4, -0.2) is 28.7 Å². The second-order valence-electron chi connectivity index (χ2n) is 5.15. The van der Waals surface area contributed by atoms with Crippen molar-refractivity contribution in [2.45, 2.75) is 18.9 Å². The molecular weight excluding hydrogens is 228 g/mol. The molecule has 0 aliphatic carbocycles. The molecule has 0 bridgehead atoms. The number of aryl methyl sites for hydroxylation is 1. The van der Waals surface area contributed by atoms with E-state index in [0.717, 1.165) is 24.0 Å². The minimum Gasteiger partial charge on any atom is -0.481 e. The van der Waals surface area contributed by atoms with Gasteiger partial charge in [-0.2, -0.15) is 0 Å². The van der Waals surface area contributed by atoms with Gasteiger partial charge in [0.05, 0.1) is 12.0 Å². The first kappa shape index (κ1) is 11.3. The quantitative estimate of drug-likeness (QED) is 0.864. The van der Waals surface area contributed by atoms with Crippen molar-refractivity contribution < 1.29 is 9.90 Å². The summed E-state index contributed by atoms with van der Waals surface area (Å²) < 4.78 is 2.12. The number of rotatable bonds is 3. The molecule has 4 heteroatoms. The van der Waals surface area contributed by atoms with Gasteiger partial charge >= 0.3 is 5.97 Å². The molecule has 0 saturated carbocycles. The Morgan fingerprint density at radius 1 is 1.44 bits per heavy atom. The molecule has 0 atom stereocenters. The van der Waals surface area contributed by atoms with Crippen LogP contribution in [0.25, 0.3) is 10.9 Å². The minimum absolute atomic E-state index is 0.164. The van der Waals surface area contributed by atoms with Crippen LogP contribution in [-0.2, 0) is 10.3 Å². The van der Waals surface area contributed by atoms with Crippen molar-refractivity contribution in [3.05, 3.63) is 36.0 Å². The van der Waals surface area contributed by atoms with Gasteiger partial charge in [0.15, 0.2) is 0 Å². The van der Waals surface area contributed by atoms with E-state index in [4.69, 9.17) is 5.11 Å². The van der Waals surface area contributed by atoms with Crippen molar-refractivity contribution in [2.75, 3.05) is 13.1 Å². The highest BCUT2D eigenvalue weighted by molar-refractivity contribution is 5.81. The molecule has 0 radical (unpaired) electrons. The van der Waals surface area contributed by atoms with Gasteiger partial charge in [-0.15, -0.1) is 0 Å². The van der Waals surface area contributed by atoms with Gasteiger partial charge in [0.25, 0.3) is 0 Å². The third-order valence-corrected chi connectivity index (χ3v) is 3.75. The SMILES string of the molecule is Cc1ccc2ccn(C3(CC(=O)O)CNC3)c2c1. The summed E-state index contributed by atoms with van der Waals surface area (Å²) in [6.07, 6.45) is 2.17. The largest absolute Gasteiger partial charge is 0.481 e. The molecule has 1 aliphatic rings. The molecule has 1 aromatic carbocycles. The Bertz CT molecular complexity index is 611. The molecule has 2 aromatic rings. The van der Waals surface area contributed by atoms with Crippen LogP contribution in [0.5, 0.6) is 0 Å². The monoisotopic (exact) mass is 244 g/mol. The highest BCUT2D eigenvalue weighted by Gasteiger charge is 2.41. The topological polar surface area (TPSA) is 54.3 Å². The lowest BCUT2D eigenvalue weighted by atomic mass is 9.88. The van der Waals surface area contributed by atoms with E-state index in [1.165, 1.54) is 5.56 Å². The van der Waals surface area contributed by atoms with Crippen molar-refractivity contribution in [3.63, 3.8) is 0 Å². The Morgan fingerprint density at radius 3 is 2.83 bits per heavy atom. The van der Waals surface area contributed by atoms with Crippen molar-refractivity contribution in [2.24, 2.45) is 0 Å². The van der Waals surface area contributed by atoms with Crippen LogP contribution in [0, 0.1) is 6.92 Å². The van der Waals surface area contributed by atoms with E-state index >= 15 is 0 Å². The Kier molecular flexibility index (Phi) is 2.41. The molecule has 0 spiro atoms. The predicted molar refractivity (Wildman–Crippen MR) is 69.8 cm³/mol. The van der Waals surface area contributed by atoms with E-state index in [0.29, 0.717) is 0 Å². The van der Waals surface area contributed by atoms with E-state index < -0.39 is 5.97 Å². The van der Waals surface area contributed by atoms with Crippen molar-refractivity contribution in [3.8, 4) is 0 Å². The maximum absolute atomic E-state index is 11.1. The average molecular weight is 244 g/mol. The fourth-order valence-corrected chi connectivity index (χ4v) is 2.73. The summed E-state index contributed by atoms with van der Waals surface area (Å²) in [6, 6.07) is 8.34. The van der Waals surface area contributed by atoms with Crippen molar-refractivity contribution >= 4 is 16.9 Å². The maximum Gasteiger partial charge on any atom is 0.305 e. The van der Waals surface area contributed by atoms with Gasteiger partial charge in [-0.3, -0.25) is 4.79 Å². The van der Waals surface area contributed by atoms with Gasteiger partial charge in [-0.05, 0) is 30.0 Å². The van der Waals surface area contributed by atoms with E-state index in [1.54, 1.807) is 0 Å². The predicted octanol–water partition coefficient (Wildman–Crippen LogP) is 1.72. The molecule has 2 N–H and O–H groups in total. The standard InChI is InChI=1S/C14H16N2O2/c1-10-2-3-11-4-5-16(12(11)6-10)14(7-13(17)18)8-15-9-14/h2-6,15H,7-9H2,1H3,(H,17,18). The normalized spacial score (nSPS) is 17.6. The first-order valence-corrected chi connectivity index (χ1v) is 6.11. The molecule has 94 valence electrons. The van der Waals surface area contributed by atoms with Crippen LogP contribution in [0.3, 0.4) is 0 Å². The van der Waals surface area contributed by atoms with Gasteiger partial charge in [-0.25, -0.2) is 0 Å². The highest BCUT2D eigenvalue weighted by Crippen LogP contribution is 2.31. The minimum atomic E-state index is -0.744. The number of carboxylic acid groups (broad SMARTS) is 1. The van der Waals surface area contributed by atoms with E-state index in [1.807, 2.05) is 6.20 Å². The van der Waals surface area contributed by atoms with E-state index in [9.17, 15) is 4.79 Å². The lowest BCUT2D eigenvalue weighted by Crippen LogP contribution is -2.61. The molecule has 4 nitrogen and oxygen atoms in total. The van der Waals surface area contributed by atoms with Gasteiger partial charge in [0.2, 0.25) is 0 Å². The van der Waals surface area contributed by atoms with Crippen LogP contribution >= 0.6 is 0 Å². The number of aromatic nitrogens is 1. The van der Waals surface area contributed by atoms with Gasteiger partial charge in [-0.1, -0.05) is 12.1 Å². The van der Waals surface area contributed by atoms with Gasteiger partial charge < -0.3 is 15.0 Å². The number of carbonyl (C=O) groups is 1. The number of fused-ring (bicyclic) bond motifs is 1. The molecule has 1 saturated heterocycles.